The van der Waals surface area contributed by atoms with E-state index in [9.17, 15) is 5.11 Å². The predicted octanol–water partition coefficient (Wildman–Crippen LogP) is 2.50. The van der Waals surface area contributed by atoms with E-state index in [1.54, 1.807) is 12.4 Å². The van der Waals surface area contributed by atoms with Crippen molar-refractivity contribution >= 4 is 0 Å². The molecule has 2 aromatic rings. The van der Waals surface area contributed by atoms with E-state index in [0.717, 1.165) is 23.2 Å². The molecule has 0 aromatic carbocycles. The summed E-state index contributed by atoms with van der Waals surface area (Å²) in [5, 5.41) is 14.8. The molecule has 0 aliphatic rings. The molecule has 0 bridgehead atoms. The van der Waals surface area contributed by atoms with Crippen molar-refractivity contribution in [2.45, 2.75) is 39.3 Å². The van der Waals surface area contributed by atoms with Crippen molar-refractivity contribution in [3.63, 3.8) is 0 Å². The van der Waals surface area contributed by atoms with Crippen LogP contribution in [0.5, 0.6) is 0 Å². The summed E-state index contributed by atoms with van der Waals surface area (Å²) in [6.07, 6.45) is 5.47. The molecule has 0 radical (unpaired) electrons. The first-order chi connectivity index (χ1) is 8.65. The van der Waals surface area contributed by atoms with Crippen LogP contribution in [0.2, 0.25) is 0 Å². The molecule has 0 fully saturated rings. The molecule has 4 heteroatoms. The van der Waals surface area contributed by atoms with Gasteiger partial charge in [0.15, 0.2) is 0 Å². The number of rotatable bonds is 4. The van der Waals surface area contributed by atoms with Crippen molar-refractivity contribution in [1.82, 2.24) is 14.8 Å². The summed E-state index contributed by atoms with van der Waals surface area (Å²) in [6, 6.07) is 3.97. The Morgan fingerprint density at radius 1 is 1.28 bits per heavy atom. The van der Waals surface area contributed by atoms with Gasteiger partial charge in [0.25, 0.3) is 0 Å². The van der Waals surface area contributed by atoms with Gasteiger partial charge in [-0.2, -0.15) is 5.10 Å². The normalized spacial score (nSPS) is 12.9. The number of aliphatic hydroxyl groups excluding tert-OH is 1. The zero-order valence-electron chi connectivity index (χ0n) is 11.0. The highest BCUT2D eigenvalue weighted by atomic mass is 16.3. The highest BCUT2D eigenvalue weighted by molar-refractivity contribution is 5.31. The van der Waals surface area contributed by atoms with Crippen molar-refractivity contribution in [2.75, 3.05) is 0 Å². The third-order valence-corrected chi connectivity index (χ3v) is 3.09. The lowest BCUT2D eigenvalue weighted by Gasteiger charge is -2.18. The van der Waals surface area contributed by atoms with E-state index >= 15 is 0 Å². The first-order valence-electron chi connectivity index (χ1n) is 6.29. The molecule has 2 heterocycles. The summed E-state index contributed by atoms with van der Waals surface area (Å²) in [4.78, 5) is 4.10. The van der Waals surface area contributed by atoms with Crippen molar-refractivity contribution in [2.24, 2.45) is 0 Å². The second-order valence-electron chi connectivity index (χ2n) is 4.62. The van der Waals surface area contributed by atoms with Crippen LogP contribution < -0.4 is 0 Å². The van der Waals surface area contributed by atoms with Crippen molar-refractivity contribution in [1.29, 1.82) is 0 Å². The molecule has 0 aliphatic heterocycles. The minimum Gasteiger partial charge on any atom is -0.382 e. The first-order valence-corrected chi connectivity index (χ1v) is 6.29. The maximum Gasteiger partial charge on any atom is 0.121 e. The molecular formula is C14H19N3O. The van der Waals surface area contributed by atoms with Gasteiger partial charge in [0.05, 0.1) is 5.69 Å². The van der Waals surface area contributed by atoms with Crippen molar-refractivity contribution in [3.05, 3.63) is 47.5 Å². The van der Waals surface area contributed by atoms with Crippen molar-refractivity contribution in [3.8, 4) is 0 Å². The molecule has 1 unspecified atom stereocenters. The van der Waals surface area contributed by atoms with Crippen LogP contribution in [0.15, 0.2) is 30.7 Å². The van der Waals surface area contributed by atoms with E-state index in [-0.39, 0.29) is 6.04 Å². The lowest BCUT2D eigenvalue weighted by molar-refractivity contribution is 0.204. The summed E-state index contributed by atoms with van der Waals surface area (Å²) in [5.41, 5.74) is 2.81. The summed E-state index contributed by atoms with van der Waals surface area (Å²) in [6.45, 7) is 6.17. The van der Waals surface area contributed by atoms with Crippen LogP contribution in [0, 0.1) is 0 Å². The van der Waals surface area contributed by atoms with E-state index in [2.05, 4.69) is 30.9 Å². The van der Waals surface area contributed by atoms with E-state index in [1.807, 2.05) is 23.0 Å². The molecule has 2 aromatic heterocycles. The Kier molecular flexibility index (Phi) is 3.77. The maximum atomic E-state index is 10.5. The Bertz CT molecular complexity index is 519. The van der Waals surface area contributed by atoms with Crippen LogP contribution >= 0.6 is 0 Å². The number of aryl methyl sites for hydroxylation is 1. The van der Waals surface area contributed by atoms with Gasteiger partial charge in [0, 0.05) is 24.6 Å². The molecule has 1 atom stereocenters. The number of pyridine rings is 1. The summed E-state index contributed by atoms with van der Waals surface area (Å²) in [7, 11) is 0. The SMILES string of the molecule is CCc1cnccc1C(O)c1ccnn1C(C)C. The molecular weight excluding hydrogens is 226 g/mol. The Balaban J connectivity index is 2.41. The van der Waals surface area contributed by atoms with Gasteiger partial charge >= 0.3 is 0 Å². The maximum absolute atomic E-state index is 10.5. The zero-order chi connectivity index (χ0) is 13.1. The number of aliphatic hydroxyl groups is 1. The average molecular weight is 245 g/mol. The third kappa shape index (κ3) is 2.29. The summed E-state index contributed by atoms with van der Waals surface area (Å²) >= 11 is 0. The Morgan fingerprint density at radius 2 is 2.06 bits per heavy atom. The highest BCUT2D eigenvalue weighted by Gasteiger charge is 2.18. The Hall–Kier alpha value is -1.68. The number of hydrogen-bond donors (Lipinski definition) is 1. The van der Waals surface area contributed by atoms with E-state index in [1.165, 1.54) is 0 Å². The molecule has 0 saturated heterocycles. The molecule has 0 spiro atoms. The molecule has 0 saturated carbocycles. The fraction of sp³-hybridized carbons (Fsp3) is 0.429. The van der Waals surface area contributed by atoms with Crippen LogP contribution in [0.3, 0.4) is 0 Å². The molecule has 1 N–H and O–H groups in total. The van der Waals surface area contributed by atoms with E-state index in [0.29, 0.717) is 0 Å². The van der Waals surface area contributed by atoms with Gasteiger partial charge < -0.3 is 5.11 Å². The smallest absolute Gasteiger partial charge is 0.121 e. The Morgan fingerprint density at radius 3 is 2.72 bits per heavy atom. The molecule has 0 aliphatic carbocycles. The second kappa shape index (κ2) is 5.31. The predicted molar refractivity (Wildman–Crippen MR) is 70.3 cm³/mol. The second-order valence-corrected chi connectivity index (χ2v) is 4.62. The molecule has 18 heavy (non-hydrogen) atoms. The zero-order valence-corrected chi connectivity index (χ0v) is 11.0. The fourth-order valence-corrected chi connectivity index (χ4v) is 2.13. The number of nitrogens with zero attached hydrogens (tertiary/aromatic N) is 3. The van der Waals surface area contributed by atoms with Gasteiger partial charge in [-0.3, -0.25) is 9.67 Å². The molecule has 96 valence electrons. The van der Waals surface area contributed by atoms with Crippen LogP contribution in [0.25, 0.3) is 0 Å². The average Bonchev–Trinajstić information content (AvgIpc) is 2.87. The quantitative estimate of drug-likeness (QED) is 0.900. The minimum atomic E-state index is -0.646. The topological polar surface area (TPSA) is 50.9 Å². The van der Waals surface area contributed by atoms with Crippen molar-refractivity contribution < 1.29 is 5.11 Å². The largest absolute Gasteiger partial charge is 0.382 e. The highest BCUT2D eigenvalue weighted by Crippen LogP contribution is 2.26. The molecule has 2 rings (SSSR count). The number of aromatic nitrogens is 3. The van der Waals surface area contributed by atoms with Gasteiger partial charge in [-0.25, -0.2) is 0 Å². The van der Waals surface area contributed by atoms with Gasteiger partial charge in [-0.05, 0) is 43.5 Å². The Labute approximate surface area is 107 Å². The molecule has 0 amide bonds. The van der Waals surface area contributed by atoms with E-state index in [4.69, 9.17) is 0 Å². The van der Waals surface area contributed by atoms with Gasteiger partial charge in [0.2, 0.25) is 0 Å². The summed E-state index contributed by atoms with van der Waals surface area (Å²) in [5.74, 6) is 0. The lowest BCUT2D eigenvalue weighted by atomic mass is 10.0. The van der Waals surface area contributed by atoms with E-state index < -0.39 is 6.10 Å². The van der Waals surface area contributed by atoms with Gasteiger partial charge in [0.1, 0.15) is 6.10 Å². The van der Waals surface area contributed by atoms with Crippen LogP contribution in [-0.2, 0) is 6.42 Å². The van der Waals surface area contributed by atoms with Gasteiger partial charge in [-0.15, -0.1) is 0 Å². The molecule has 4 nitrogen and oxygen atoms in total. The van der Waals surface area contributed by atoms with Crippen LogP contribution in [0.4, 0.5) is 0 Å². The van der Waals surface area contributed by atoms with Gasteiger partial charge in [-0.1, -0.05) is 6.92 Å². The monoisotopic (exact) mass is 245 g/mol. The van der Waals surface area contributed by atoms with Crippen LogP contribution in [0.1, 0.15) is 49.7 Å². The minimum absolute atomic E-state index is 0.233. The first kappa shape index (κ1) is 12.8. The standard InChI is InChI=1S/C14H19N3O/c1-4-11-9-15-7-5-12(11)14(18)13-6-8-16-17(13)10(2)3/h5-10,14,18H,4H2,1-3H3. The third-order valence-electron chi connectivity index (χ3n) is 3.09. The summed E-state index contributed by atoms with van der Waals surface area (Å²) < 4.78 is 1.85. The lowest BCUT2D eigenvalue weighted by Crippen LogP contribution is -2.13. The number of hydrogen-bond acceptors (Lipinski definition) is 3. The fourth-order valence-electron chi connectivity index (χ4n) is 2.13. The van der Waals surface area contributed by atoms with Crippen LogP contribution in [-0.4, -0.2) is 19.9 Å².